The lowest BCUT2D eigenvalue weighted by molar-refractivity contribution is 0.241. The molecule has 0 bridgehead atoms. The van der Waals surface area contributed by atoms with Gasteiger partial charge in [0.1, 0.15) is 0 Å². The van der Waals surface area contributed by atoms with Gasteiger partial charge in [0.2, 0.25) is 0 Å². The van der Waals surface area contributed by atoms with E-state index in [-0.39, 0.29) is 16.5 Å². The molecule has 0 aromatic carbocycles. The van der Waals surface area contributed by atoms with Crippen LogP contribution < -0.4 is 11.1 Å². The first-order valence-electron chi connectivity index (χ1n) is 6.27. The highest BCUT2D eigenvalue weighted by molar-refractivity contribution is 9.09. The number of aromatic nitrogens is 2. The largest absolute Gasteiger partial charge is 0.268 e. The van der Waals surface area contributed by atoms with Crippen molar-refractivity contribution in [3.63, 3.8) is 0 Å². The van der Waals surface area contributed by atoms with E-state index in [1.807, 2.05) is 0 Å². The minimum absolute atomic E-state index is 0.00840. The predicted molar refractivity (Wildman–Crippen MR) is 77.6 cm³/mol. The second-order valence-electron chi connectivity index (χ2n) is 4.92. The molecule has 0 atom stereocenters. The molecule has 102 valence electrons. The van der Waals surface area contributed by atoms with Gasteiger partial charge in [0.15, 0.2) is 0 Å². The zero-order chi connectivity index (χ0) is 13.9. The average Bonchev–Trinajstić information content (AvgIpc) is 2.39. The molecule has 1 N–H and O–H groups in total. The van der Waals surface area contributed by atoms with Crippen molar-refractivity contribution in [3.8, 4) is 0 Å². The number of hydrogen-bond donors (Lipinski definition) is 1. The van der Waals surface area contributed by atoms with E-state index >= 15 is 0 Å². The fourth-order valence-corrected chi connectivity index (χ4v) is 2.91. The lowest BCUT2D eigenvalue weighted by atomic mass is 9.84. The highest BCUT2D eigenvalue weighted by Gasteiger charge is 2.26. The van der Waals surface area contributed by atoms with Crippen LogP contribution in [0, 0.1) is 19.3 Å². The summed E-state index contributed by atoms with van der Waals surface area (Å²) in [6, 6.07) is 0. The number of hydrogen-bond acceptors (Lipinski definition) is 2. The lowest BCUT2D eigenvalue weighted by Gasteiger charge is -2.30. The summed E-state index contributed by atoms with van der Waals surface area (Å²) in [6.45, 7) is 8.14. The topological polar surface area (TPSA) is 54.9 Å². The Bertz CT molecular complexity index is 519. The first-order valence-corrected chi connectivity index (χ1v) is 7.39. The maximum Gasteiger partial charge on any atom is 0.268 e. The van der Waals surface area contributed by atoms with Crippen LogP contribution in [-0.2, 0) is 6.54 Å². The van der Waals surface area contributed by atoms with Crippen molar-refractivity contribution in [2.45, 2.75) is 47.1 Å². The Morgan fingerprint density at radius 1 is 1.17 bits per heavy atom. The van der Waals surface area contributed by atoms with E-state index in [0.717, 1.165) is 18.2 Å². The van der Waals surface area contributed by atoms with Crippen LogP contribution in [-0.4, -0.2) is 15.1 Å². The Labute approximate surface area is 116 Å². The molecule has 1 heterocycles. The van der Waals surface area contributed by atoms with Crippen molar-refractivity contribution < 1.29 is 0 Å². The van der Waals surface area contributed by atoms with E-state index in [4.69, 9.17) is 0 Å². The molecule has 0 radical (unpaired) electrons. The van der Waals surface area contributed by atoms with E-state index in [9.17, 15) is 9.59 Å². The minimum Gasteiger partial charge on any atom is -0.268 e. The van der Waals surface area contributed by atoms with Crippen LogP contribution in [0.3, 0.4) is 0 Å². The fraction of sp³-hybridized carbons (Fsp3) is 0.692. The van der Waals surface area contributed by atoms with E-state index < -0.39 is 0 Å². The van der Waals surface area contributed by atoms with Gasteiger partial charge in [0.25, 0.3) is 11.1 Å². The van der Waals surface area contributed by atoms with E-state index in [2.05, 4.69) is 34.9 Å². The van der Waals surface area contributed by atoms with Crippen LogP contribution >= 0.6 is 15.9 Å². The Kier molecular flexibility index (Phi) is 4.96. The van der Waals surface area contributed by atoms with Crippen LogP contribution in [0.2, 0.25) is 0 Å². The zero-order valence-corrected chi connectivity index (χ0v) is 13.1. The fourth-order valence-electron chi connectivity index (χ4n) is 1.94. The quantitative estimate of drug-likeness (QED) is 0.848. The number of alkyl halides is 1. The first kappa shape index (κ1) is 15.2. The van der Waals surface area contributed by atoms with Crippen LogP contribution in [0.25, 0.3) is 0 Å². The molecule has 1 rings (SSSR count). The first-order chi connectivity index (χ1) is 8.40. The van der Waals surface area contributed by atoms with Crippen molar-refractivity contribution >= 4 is 15.9 Å². The number of nitrogens with zero attached hydrogens (tertiary/aromatic N) is 1. The summed E-state index contributed by atoms with van der Waals surface area (Å²) in [5.74, 6) is 0. The molecular weight excluding hydrogens is 296 g/mol. The average molecular weight is 317 g/mol. The van der Waals surface area contributed by atoms with Gasteiger partial charge in [-0.3, -0.25) is 14.7 Å². The van der Waals surface area contributed by atoms with Gasteiger partial charge in [-0.1, -0.05) is 29.8 Å². The standard InChI is InChI=1S/C13H21BrN2O2/c1-5-13(6-2,7-14)8-16-12(18)10(4)9(3)11(17)15-16/h5-8H2,1-4H3,(H,15,17). The summed E-state index contributed by atoms with van der Waals surface area (Å²) < 4.78 is 1.46. The van der Waals surface area contributed by atoms with Gasteiger partial charge < -0.3 is 0 Å². The highest BCUT2D eigenvalue weighted by Crippen LogP contribution is 2.29. The molecule has 18 heavy (non-hydrogen) atoms. The van der Waals surface area contributed by atoms with Crippen LogP contribution in [0.5, 0.6) is 0 Å². The molecule has 0 amide bonds. The van der Waals surface area contributed by atoms with Gasteiger partial charge in [-0.2, -0.15) is 0 Å². The number of halogens is 1. The maximum absolute atomic E-state index is 12.1. The predicted octanol–water partition coefficient (Wildman–Crippen LogP) is 2.35. The smallest absolute Gasteiger partial charge is 0.268 e. The summed E-state index contributed by atoms with van der Waals surface area (Å²) in [5, 5.41) is 3.48. The van der Waals surface area contributed by atoms with E-state index in [0.29, 0.717) is 17.7 Å². The van der Waals surface area contributed by atoms with Gasteiger partial charge in [-0.05, 0) is 32.1 Å². The third-order valence-corrected chi connectivity index (χ3v) is 5.17. The summed E-state index contributed by atoms with van der Waals surface area (Å²) in [7, 11) is 0. The molecule has 0 saturated heterocycles. The van der Waals surface area contributed by atoms with Gasteiger partial charge >= 0.3 is 0 Å². The molecule has 0 unspecified atom stereocenters. The van der Waals surface area contributed by atoms with Crippen molar-refractivity contribution in [3.05, 3.63) is 31.8 Å². The second-order valence-corrected chi connectivity index (χ2v) is 5.48. The van der Waals surface area contributed by atoms with Crippen molar-refractivity contribution in [2.75, 3.05) is 5.33 Å². The van der Waals surface area contributed by atoms with Crippen LogP contribution in [0.1, 0.15) is 37.8 Å². The highest BCUT2D eigenvalue weighted by atomic mass is 79.9. The molecule has 1 aromatic rings. The van der Waals surface area contributed by atoms with Crippen LogP contribution in [0.15, 0.2) is 9.59 Å². The molecule has 0 fully saturated rings. The van der Waals surface area contributed by atoms with E-state index in [1.54, 1.807) is 13.8 Å². The normalized spacial score (nSPS) is 11.8. The molecule has 0 saturated carbocycles. The third-order valence-electron chi connectivity index (χ3n) is 3.98. The Hall–Kier alpha value is -0.840. The third kappa shape index (κ3) is 2.76. The lowest BCUT2D eigenvalue weighted by Crippen LogP contribution is -2.39. The molecular formula is C13H21BrN2O2. The Morgan fingerprint density at radius 2 is 1.72 bits per heavy atom. The monoisotopic (exact) mass is 316 g/mol. The maximum atomic E-state index is 12.1. The second kappa shape index (κ2) is 5.87. The summed E-state index contributed by atoms with van der Waals surface area (Å²) in [5.41, 5.74) is 0.777. The van der Waals surface area contributed by atoms with Crippen molar-refractivity contribution in [1.82, 2.24) is 9.78 Å². The molecule has 0 spiro atoms. The summed E-state index contributed by atoms with van der Waals surface area (Å²) in [4.78, 5) is 23.9. The van der Waals surface area contributed by atoms with Crippen molar-refractivity contribution in [2.24, 2.45) is 5.41 Å². The minimum atomic E-state index is -0.178. The summed E-state index contributed by atoms with van der Waals surface area (Å²) in [6.07, 6.45) is 1.91. The van der Waals surface area contributed by atoms with Crippen LogP contribution in [0.4, 0.5) is 0 Å². The molecule has 0 aliphatic heterocycles. The van der Waals surface area contributed by atoms with Gasteiger partial charge in [-0.25, -0.2) is 4.68 Å². The molecule has 1 aromatic heterocycles. The molecule has 0 aliphatic rings. The van der Waals surface area contributed by atoms with Gasteiger partial charge in [-0.15, -0.1) is 0 Å². The van der Waals surface area contributed by atoms with E-state index in [1.165, 1.54) is 4.68 Å². The molecule has 0 aliphatic carbocycles. The summed E-state index contributed by atoms with van der Waals surface area (Å²) >= 11 is 3.52. The number of rotatable bonds is 5. The molecule has 4 nitrogen and oxygen atoms in total. The Balaban J connectivity index is 3.28. The van der Waals surface area contributed by atoms with Gasteiger partial charge in [0.05, 0.1) is 0 Å². The van der Waals surface area contributed by atoms with Gasteiger partial charge in [0, 0.05) is 23.0 Å². The number of aromatic amines is 1. The van der Waals surface area contributed by atoms with Crippen molar-refractivity contribution in [1.29, 1.82) is 0 Å². The number of H-pyrrole nitrogens is 1. The number of nitrogens with one attached hydrogen (secondary N) is 1. The SMILES string of the molecule is CCC(CC)(CBr)Cn1[nH]c(=O)c(C)c(C)c1=O. The molecule has 5 heteroatoms. The zero-order valence-electron chi connectivity index (χ0n) is 11.5. The Morgan fingerprint density at radius 3 is 2.17 bits per heavy atom.